The van der Waals surface area contributed by atoms with Crippen molar-refractivity contribution in [3.05, 3.63) is 0 Å². The maximum atomic E-state index is 13.4. The highest BCUT2D eigenvalue weighted by Gasteiger charge is 2.25. The van der Waals surface area contributed by atoms with Crippen molar-refractivity contribution >= 4 is 6.09 Å². The SMILES string of the molecule is CC(C)(C)OC(=O)NCC1CCCCC1F. The Balaban J connectivity index is 2.25. The van der Waals surface area contributed by atoms with Gasteiger partial charge < -0.3 is 10.1 Å². The van der Waals surface area contributed by atoms with Crippen LogP contribution in [0.4, 0.5) is 9.18 Å². The summed E-state index contributed by atoms with van der Waals surface area (Å²) in [6, 6.07) is 0. The predicted octanol–water partition coefficient (Wildman–Crippen LogP) is 3.04. The van der Waals surface area contributed by atoms with Crippen LogP contribution in [0, 0.1) is 5.92 Å². The zero-order chi connectivity index (χ0) is 12.2. The summed E-state index contributed by atoms with van der Waals surface area (Å²) in [5, 5.41) is 2.64. The molecule has 16 heavy (non-hydrogen) atoms. The number of hydrogen-bond donors (Lipinski definition) is 1. The van der Waals surface area contributed by atoms with Crippen LogP contribution in [0.25, 0.3) is 0 Å². The summed E-state index contributed by atoms with van der Waals surface area (Å²) in [5.74, 6) is -0.0405. The number of hydrogen-bond acceptors (Lipinski definition) is 2. The summed E-state index contributed by atoms with van der Waals surface area (Å²) in [6.45, 7) is 5.82. The van der Waals surface area contributed by atoms with Crippen molar-refractivity contribution in [1.29, 1.82) is 0 Å². The average molecular weight is 231 g/mol. The minimum Gasteiger partial charge on any atom is -0.444 e. The smallest absolute Gasteiger partial charge is 0.407 e. The highest BCUT2D eigenvalue weighted by Crippen LogP contribution is 2.26. The van der Waals surface area contributed by atoms with Crippen molar-refractivity contribution in [3.8, 4) is 0 Å². The molecule has 3 nitrogen and oxygen atoms in total. The molecule has 0 aromatic heterocycles. The summed E-state index contributed by atoms with van der Waals surface area (Å²) in [7, 11) is 0. The fourth-order valence-electron chi connectivity index (χ4n) is 1.92. The molecule has 0 aliphatic heterocycles. The van der Waals surface area contributed by atoms with E-state index >= 15 is 0 Å². The number of carbonyl (C=O) groups is 1. The third kappa shape index (κ3) is 4.81. The van der Waals surface area contributed by atoms with Crippen molar-refractivity contribution in [2.75, 3.05) is 6.54 Å². The Hall–Kier alpha value is -0.800. The van der Waals surface area contributed by atoms with Gasteiger partial charge in [-0.05, 0) is 33.6 Å². The maximum Gasteiger partial charge on any atom is 0.407 e. The molecule has 1 saturated carbocycles. The van der Waals surface area contributed by atoms with Gasteiger partial charge in [0.15, 0.2) is 0 Å². The zero-order valence-electron chi connectivity index (χ0n) is 10.4. The Morgan fingerprint density at radius 1 is 1.38 bits per heavy atom. The lowest BCUT2D eigenvalue weighted by Crippen LogP contribution is -2.38. The molecular weight excluding hydrogens is 209 g/mol. The maximum absolute atomic E-state index is 13.4. The average Bonchev–Trinajstić information content (AvgIpc) is 2.14. The van der Waals surface area contributed by atoms with Crippen LogP contribution in [0.15, 0.2) is 0 Å². The molecule has 1 N–H and O–H groups in total. The molecule has 2 unspecified atom stereocenters. The Kier molecular flexibility index (Phi) is 4.56. The first-order valence-corrected chi connectivity index (χ1v) is 5.99. The predicted molar refractivity (Wildman–Crippen MR) is 61.1 cm³/mol. The molecule has 1 amide bonds. The quantitative estimate of drug-likeness (QED) is 0.793. The van der Waals surface area contributed by atoms with Crippen LogP contribution in [0.3, 0.4) is 0 Å². The van der Waals surface area contributed by atoms with Crippen LogP contribution in [-0.4, -0.2) is 24.4 Å². The first-order chi connectivity index (χ1) is 7.38. The lowest BCUT2D eigenvalue weighted by Gasteiger charge is -2.26. The van der Waals surface area contributed by atoms with Gasteiger partial charge in [0.2, 0.25) is 0 Å². The van der Waals surface area contributed by atoms with E-state index < -0.39 is 17.9 Å². The van der Waals surface area contributed by atoms with Gasteiger partial charge in [0.1, 0.15) is 11.8 Å². The molecule has 1 aliphatic rings. The van der Waals surface area contributed by atoms with E-state index in [0.717, 1.165) is 19.3 Å². The van der Waals surface area contributed by atoms with Gasteiger partial charge in [0.05, 0.1) is 0 Å². The lowest BCUT2D eigenvalue weighted by atomic mass is 9.87. The van der Waals surface area contributed by atoms with E-state index in [1.807, 2.05) is 20.8 Å². The molecule has 0 aromatic rings. The zero-order valence-corrected chi connectivity index (χ0v) is 10.4. The number of halogens is 1. The van der Waals surface area contributed by atoms with Crippen molar-refractivity contribution in [2.24, 2.45) is 5.92 Å². The molecular formula is C12H22FNO2. The van der Waals surface area contributed by atoms with Crippen LogP contribution in [0.2, 0.25) is 0 Å². The van der Waals surface area contributed by atoms with Gasteiger partial charge in [0.25, 0.3) is 0 Å². The normalized spacial score (nSPS) is 26.2. The molecule has 0 radical (unpaired) electrons. The van der Waals surface area contributed by atoms with Crippen LogP contribution < -0.4 is 5.32 Å². The number of nitrogens with one attached hydrogen (secondary N) is 1. The second-order valence-electron chi connectivity index (χ2n) is 5.44. The number of carbonyl (C=O) groups excluding carboxylic acids is 1. The Morgan fingerprint density at radius 3 is 2.56 bits per heavy atom. The highest BCUT2D eigenvalue weighted by atomic mass is 19.1. The third-order valence-electron chi connectivity index (χ3n) is 2.72. The number of rotatable bonds is 2. The first-order valence-electron chi connectivity index (χ1n) is 5.99. The van der Waals surface area contributed by atoms with Crippen LogP contribution >= 0.6 is 0 Å². The third-order valence-corrected chi connectivity index (χ3v) is 2.72. The van der Waals surface area contributed by atoms with Gasteiger partial charge in [-0.3, -0.25) is 0 Å². The molecule has 0 heterocycles. The van der Waals surface area contributed by atoms with Gasteiger partial charge in [-0.25, -0.2) is 9.18 Å². The van der Waals surface area contributed by atoms with Crippen LogP contribution in [-0.2, 0) is 4.74 Å². The molecule has 1 rings (SSSR count). The molecule has 94 valence electrons. The fraction of sp³-hybridized carbons (Fsp3) is 0.917. The molecule has 4 heteroatoms. The molecule has 0 aromatic carbocycles. The number of ether oxygens (including phenoxy) is 1. The second kappa shape index (κ2) is 5.51. The topological polar surface area (TPSA) is 38.3 Å². The van der Waals surface area contributed by atoms with E-state index in [4.69, 9.17) is 4.74 Å². The minimum atomic E-state index is -0.774. The standard InChI is InChI=1S/C12H22FNO2/c1-12(2,3)16-11(15)14-8-9-6-4-5-7-10(9)13/h9-10H,4-8H2,1-3H3,(H,14,15). The van der Waals surface area contributed by atoms with E-state index in [1.54, 1.807) is 0 Å². The molecule has 0 spiro atoms. The van der Waals surface area contributed by atoms with Gasteiger partial charge in [-0.2, -0.15) is 0 Å². The summed E-state index contributed by atoms with van der Waals surface area (Å²) in [6.07, 6.45) is 2.27. The van der Waals surface area contributed by atoms with Crippen molar-refractivity contribution in [3.63, 3.8) is 0 Å². The second-order valence-corrected chi connectivity index (χ2v) is 5.44. The Morgan fingerprint density at radius 2 is 2.00 bits per heavy atom. The minimum absolute atomic E-state index is 0.0405. The molecule has 1 fully saturated rings. The monoisotopic (exact) mass is 231 g/mol. The van der Waals surface area contributed by atoms with Gasteiger partial charge >= 0.3 is 6.09 Å². The van der Waals surface area contributed by atoms with Crippen LogP contribution in [0.1, 0.15) is 46.5 Å². The number of alkyl halides is 1. The molecule has 0 bridgehead atoms. The van der Waals surface area contributed by atoms with E-state index in [0.29, 0.717) is 13.0 Å². The van der Waals surface area contributed by atoms with Gasteiger partial charge in [0, 0.05) is 12.5 Å². The molecule has 0 saturated heterocycles. The van der Waals surface area contributed by atoms with E-state index in [2.05, 4.69) is 5.32 Å². The highest BCUT2D eigenvalue weighted by molar-refractivity contribution is 5.67. The molecule has 2 atom stereocenters. The van der Waals surface area contributed by atoms with Crippen LogP contribution in [0.5, 0.6) is 0 Å². The van der Waals surface area contributed by atoms with E-state index in [9.17, 15) is 9.18 Å². The largest absolute Gasteiger partial charge is 0.444 e. The van der Waals surface area contributed by atoms with Crippen molar-refractivity contribution in [1.82, 2.24) is 5.32 Å². The summed E-state index contributed by atoms with van der Waals surface area (Å²) in [4.78, 5) is 11.4. The van der Waals surface area contributed by atoms with Crippen molar-refractivity contribution in [2.45, 2.75) is 58.2 Å². The molecule has 1 aliphatic carbocycles. The van der Waals surface area contributed by atoms with Crippen molar-refractivity contribution < 1.29 is 13.9 Å². The summed E-state index contributed by atoms with van der Waals surface area (Å²) >= 11 is 0. The summed E-state index contributed by atoms with van der Waals surface area (Å²) < 4.78 is 18.5. The fourth-order valence-corrected chi connectivity index (χ4v) is 1.92. The summed E-state index contributed by atoms with van der Waals surface area (Å²) in [5.41, 5.74) is -0.494. The number of amides is 1. The number of alkyl carbamates (subject to hydrolysis) is 1. The lowest BCUT2D eigenvalue weighted by molar-refractivity contribution is 0.0499. The Labute approximate surface area is 96.7 Å². The van der Waals surface area contributed by atoms with E-state index in [-0.39, 0.29) is 5.92 Å². The van der Waals surface area contributed by atoms with Gasteiger partial charge in [-0.15, -0.1) is 0 Å². The van der Waals surface area contributed by atoms with Gasteiger partial charge in [-0.1, -0.05) is 12.8 Å². The first kappa shape index (κ1) is 13.3. The van der Waals surface area contributed by atoms with E-state index in [1.165, 1.54) is 0 Å². The Bertz CT molecular complexity index is 238.